The van der Waals surface area contributed by atoms with E-state index in [1.165, 1.54) is 0 Å². The quantitative estimate of drug-likeness (QED) is 0.699. The van der Waals surface area contributed by atoms with Crippen LogP contribution < -0.4 is 10.2 Å². The maximum Gasteiger partial charge on any atom is 0.226 e. The molecule has 96 valence electrons. The number of nitrogens with one attached hydrogen (secondary N) is 1. The molecular formula is C12H22N4O. The number of ether oxygens (including phenoxy) is 1. The number of hydrogen-bond donors (Lipinski definition) is 1. The molecule has 0 bridgehead atoms. The van der Waals surface area contributed by atoms with Crippen molar-refractivity contribution in [2.24, 2.45) is 0 Å². The van der Waals surface area contributed by atoms with Gasteiger partial charge in [-0.05, 0) is 18.9 Å². The van der Waals surface area contributed by atoms with Crippen molar-refractivity contribution in [1.29, 1.82) is 0 Å². The Hall–Kier alpha value is -1.36. The van der Waals surface area contributed by atoms with Gasteiger partial charge >= 0.3 is 0 Å². The lowest BCUT2D eigenvalue weighted by Gasteiger charge is -2.11. The van der Waals surface area contributed by atoms with Crippen LogP contribution in [0.5, 0.6) is 0 Å². The Morgan fingerprint density at radius 1 is 1.35 bits per heavy atom. The van der Waals surface area contributed by atoms with E-state index in [-0.39, 0.29) is 0 Å². The molecule has 0 radical (unpaired) electrons. The van der Waals surface area contributed by atoms with Crippen LogP contribution in [0.2, 0.25) is 0 Å². The number of aromatic nitrogens is 2. The van der Waals surface area contributed by atoms with Crippen LogP contribution in [-0.2, 0) is 4.74 Å². The fraction of sp³-hybridized carbons (Fsp3) is 0.667. The second-order valence-corrected chi connectivity index (χ2v) is 4.03. The molecule has 1 aromatic rings. The average molecular weight is 238 g/mol. The minimum atomic E-state index is 0.720. The first-order valence-electron chi connectivity index (χ1n) is 6.06. The maximum atomic E-state index is 5.40. The minimum Gasteiger partial charge on any atom is -0.381 e. The molecule has 0 fully saturated rings. The van der Waals surface area contributed by atoms with E-state index in [1.807, 2.05) is 25.1 Å². The van der Waals surface area contributed by atoms with Gasteiger partial charge in [0.25, 0.3) is 0 Å². The predicted molar refractivity (Wildman–Crippen MR) is 70.6 cm³/mol. The zero-order valence-electron chi connectivity index (χ0n) is 10.9. The van der Waals surface area contributed by atoms with Crippen molar-refractivity contribution in [3.63, 3.8) is 0 Å². The van der Waals surface area contributed by atoms with Gasteiger partial charge in [-0.2, -0.15) is 4.98 Å². The Labute approximate surface area is 103 Å². The van der Waals surface area contributed by atoms with Crippen LogP contribution in [0.4, 0.5) is 11.8 Å². The Morgan fingerprint density at radius 3 is 2.88 bits per heavy atom. The molecular weight excluding hydrogens is 216 g/mol. The summed E-state index contributed by atoms with van der Waals surface area (Å²) in [4.78, 5) is 10.4. The fourth-order valence-electron chi connectivity index (χ4n) is 1.30. The lowest BCUT2D eigenvalue weighted by Crippen LogP contribution is -2.14. The highest BCUT2D eigenvalue weighted by molar-refractivity contribution is 5.40. The third kappa shape index (κ3) is 5.49. The standard InChI is InChI=1S/C12H22N4O/c1-4-9-17-10-5-7-13-11-6-8-14-12(15-11)16(2)3/h6,8H,4-5,7,9-10H2,1-3H3,(H,13,14,15). The Bertz CT molecular complexity index is 317. The van der Waals surface area contributed by atoms with Gasteiger partial charge in [0.1, 0.15) is 5.82 Å². The van der Waals surface area contributed by atoms with Crippen LogP contribution in [0.25, 0.3) is 0 Å². The third-order valence-electron chi connectivity index (χ3n) is 2.16. The highest BCUT2D eigenvalue weighted by Gasteiger charge is 1.99. The molecule has 0 aliphatic carbocycles. The highest BCUT2D eigenvalue weighted by atomic mass is 16.5. The van der Waals surface area contributed by atoms with E-state index in [4.69, 9.17) is 4.74 Å². The Kier molecular flexibility index (Phi) is 6.32. The van der Waals surface area contributed by atoms with Crippen molar-refractivity contribution in [1.82, 2.24) is 9.97 Å². The highest BCUT2D eigenvalue weighted by Crippen LogP contribution is 2.07. The molecule has 0 amide bonds. The molecule has 0 atom stereocenters. The predicted octanol–water partition coefficient (Wildman–Crippen LogP) is 1.77. The van der Waals surface area contributed by atoms with Crippen LogP contribution in [0, 0.1) is 0 Å². The van der Waals surface area contributed by atoms with Crippen molar-refractivity contribution in [2.75, 3.05) is 44.1 Å². The molecule has 1 N–H and O–H groups in total. The lowest BCUT2D eigenvalue weighted by molar-refractivity contribution is 0.134. The third-order valence-corrected chi connectivity index (χ3v) is 2.16. The molecule has 0 saturated carbocycles. The molecule has 5 heteroatoms. The molecule has 0 aliphatic heterocycles. The summed E-state index contributed by atoms with van der Waals surface area (Å²) in [6, 6.07) is 1.87. The van der Waals surface area contributed by atoms with Gasteiger partial charge < -0.3 is 15.0 Å². The van der Waals surface area contributed by atoms with Crippen LogP contribution >= 0.6 is 0 Å². The van der Waals surface area contributed by atoms with Gasteiger partial charge in [0.15, 0.2) is 0 Å². The van der Waals surface area contributed by atoms with Crippen LogP contribution in [0.15, 0.2) is 12.3 Å². The second-order valence-electron chi connectivity index (χ2n) is 4.03. The number of rotatable bonds is 8. The molecule has 17 heavy (non-hydrogen) atoms. The summed E-state index contributed by atoms with van der Waals surface area (Å²) in [6.45, 7) is 4.63. The molecule has 5 nitrogen and oxygen atoms in total. The Morgan fingerprint density at radius 2 is 2.18 bits per heavy atom. The molecule has 1 rings (SSSR count). The van der Waals surface area contributed by atoms with E-state index in [2.05, 4.69) is 22.2 Å². The van der Waals surface area contributed by atoms with Crippen LogP contribution in [0.3, 0.4) is 0 Å². The van der Waals surface area contributed by atoms with E-state index < -0.39 is 0 Å². The normalized spacial score (nSPS) is 10.3. The smallest absolute Gasteiger partial charge is 0.226 e. The van der Waals surface area contributed by atoms with E-state index in [0.717, 1.165) is 44.4 Å². The molecule has 0 saturated heterocycles. The van der Waals surface area contributed by atoms with Gasteiger partial charge in [-0.25, -0.2) is 4.98 Å². The second kappa shape index (κ2) is 7.84. The van der Waals surface area contributed by atoms with E-state index in [1.54, 1.807) is 6.20 Å². The van der Waals surface area contributed by atoms with Crippen molar-refractivity contribution in [3.05, 3.63) is 12.3 Å². The maximum absolute atomic E-state index is 5.40. The molecule has 0 spiro atoms. The summed E-state index contributed by atoms with van der Waals surface area (Å²) in [6.07, 6.45) is 3.82. The Balaban J connectivity index is 2.24. The van der Waals surface area contributed by atoms with Crippen molar-refractivity contribution >= 4 is 11.8 Å². The monoisotopic (exact) mass is 238 g/mol. The molecule has 0 unspecified atom stereocenters. The summed E-state index contributed by atoms with van der Waals surface area (Å²) >= 11 is 0. The van der Waals surface area contributed by atoms with Crippen LogP contribution in [0.1, 0.15) is 19.8 Å². The van der Waals surface area contributed by atoms with Gasteiger partial charge in [-0.15, -0.1) is 0 Å². The van der Waals surface area contributed by atoms with E-state index in [0.29, 0.717) is 0 Å². The average Bonchev–Trinajstić information content (AvgIpc) is 2.34. The van der Waals surface area contributed by atoms with Gasteiger partial charge in [0.2, 0.25) is 5.95 Å². The minimum absolute atomic E-state index is 0.720. The fourth-order valence-corrected chi connectivity index (χ4v) is 1.30. The van der Waals surface area contributed by atoms with Crippen molar-refractivity contribution < 1.29 is 4.74 Å². The summed E-state index contributed by atoms with van der Waals surface area (Å²) in [5.74, 6) is 1.58. The van der Waals surface area contributed by atoms with E-state index >= 15 is 0 Å². The first-order valence-corrected chi connectivity index (χ1v) is 6.06. The first-order chi connectivity index (χ1) is 8.24. The number of anilines is 2. The summed E-state index contributed by atoms with van der Waals surface area (Å²) in [7, 11) is 3.86. The van der Waals surface area contributed by atoms with Gasteiger partial charge in [-0.3, -0.25) is 0 Å². The van der Waals surface area contributed by atoms with Crippen LogP contribution in [-0.4, -0.2) is 43.8 Å². The first kappa shape index (κ1) is 13.7. The van der Waals surface area contributed by atoms with Gasteiger partial charge in [-0.1, -0.05) is 6.92 Å². The van der Waals surface area contributed by atoms with Gasteiger partial charge in [0, 0.05) is 40.1 Å². The van der Waals surface area contributed by atoms with Crippen molar-refractivity contribution in [3.8, 4) is 0 Å². The van der Waals surface area contributed by atoms with E-state index in [9.17, 15) is 0 Å². The topological polar surface area (TPSA) is 50.3 Å². The zero-order valence-corrected chi connectivity index (χ0v) is 10.9. The number of hydrogen-bond acceptors (Lipinski definition) is 5. The molecule has 0 aromatic carbocycles. The zero-order chi connectivity index (χ0) is 12.5. The summed E-state index contributed by atoms with van der Waals surface area (Å²) in [5.41, 5.74) is 0. The SMILES string of the molecule is CCCOCCCNc1ccnc(N(C)C)n1. The molecule has 0 aliphatic rings. The van der Waals surface area contributed by atoms with Crippen molar-refractivity contribution in [2.45, 2.75) is 19.8 Å². The lowest BCUT2D eigenvalue weighted by atomic mass is 10.4. The largest absolute Gasteiger partial charge is 0.381 e. The summed E-state index contributed by atoms with van der Waals surface area (Å²) in [5, 5.41) is 3.26. The molecule has 1 heterocycles. The summed E-state index contributed by atoms with van der Waals surface area (Å²) < 4.78 is 5.40. The number of nitrogens with zero attached hydrogens (tertiary/aromatic N) is 3. The molecule has 1 aromatic heterocycles. The van der Waals surface area contributed by atoms with Gasteiger partial charge in [0.05, 0.1) is 0 Å².